The van der Waals surface area contributed by atoms with Gasteiger partial charge in [0.1, 0.15) is 0 Å². The zero-order valence-electron chi connectivity index (χ0n) is 14.6. The number of aromatic amines is 1. The Morgan fingerprint density at radius 2 is 2.20 bits per heavy atom. The third-order valence-electron chi connectivity index (χ3n) is 5.62. The van der Waals surface area contributed by atoms with Crippen LogP contribution in [0.4, 0.5) is 10.5 Å². The van der Waals surface area contributed by atoms with Crippen LogP contribution in [0.5, 0.6) is 0 Å². The number of aromatic nitrogens is 2. The summed E-state index contributed by atoms with van der Waals surface area (Å²) in [5, 5.41) is 7.62. The quantitative estimate of drug-likeness (QED) is 0.832. The molecule has 25 heavy (non-hydrogen) atoms. The molecule has 0 bridgehead atoms. The highest BCUT2D eigenvalue weighted by Gasteiger charge is 2.37. The Balaban J connectivity index is 1.57. The number of rotatable bonds is 1. The predicted molar refractivity (Wildman–Crippen MR) is 99.4 cm³/mol. The van der Waals surface area contributed by atoms with E-state index in [4.69, 9.17) is 11.6 Å². The summed E-state index contributed by atoms with van der Waals surface area (Å²) in [7, 11) is 0. The first kappa shape index (κ1) is 16.5. The normalized spacial score (nSPS) is 22.1. The van der Waals surface area contributed by atoms with Gasteiger partial charge in [-0.2, -0.15) is 5.10 Å². The number of carbonyl (C=O) groups excluding carboxylic acids is 1. The summed E-state index contributed by atoms with van der Waals surface area (Å²) in [6, 6.07) is 5.97. The Bertz CT molecular complexity index is 787. The monoisotopic (exact) mass is 358 g/mol. The number of likely N-dealkylation sites (tertiary alicyclic amines) is 1. The van der Waals surface area contributed by atoms with Crippen molar-refractivity contribution in [3.05, 3.63) is 46.7 Å². The molecule has 132 valence electrons. The number of fused-ring (bicyclic) bond motifs is 1. The summed E-state index contributed by atoms with van der Waals surface area (Å²) >= 11 is 6.21. The van der Waals surface area contributed by atoms with Crippen molar-refractivity contribution < 1.29 is 4.79 Å². The van der Waals surface area contributed by atoms with Crippen molar-refractivity contribution in [1.29, 1.82) is 0 Å². The molecule has 6 heteroatoms. The highest BCUT2D eigenvalue weighted by molar-refractivity contribution is 6.30. The van der Waals surface area contributed by atoms with Crippen molar-refractivity contribution >= 4 is 23.3 Å². The molecule has 1 aromatic heterocycles. The lowest BCUT2D eigenvalue weighted by atomic mass is 9.78. The predicted octanol–water partition coefficient (Wildman–Crippen LogP) is 4.16. The zero-order valence-corrected chi connectivity index (χ0v) is 15.4. The van der Waals surface area contributed by atoms with Crippen LogP contribution in [-0.4, -0.2) is 40.8 Å². The molecular formula is C19H23ClN4O. The maximum Gasteiger partial charge on any atom is 0.324 e. The third kappa shape index (κ3) is 2.91. The van der Waals surface area contributed by atoms with Gasteiger partial charge in [-0.05, 0) is 47.6 Å². The van der Waals surface area contributed by atoms with Crippen LogP contribution in [0.3, 0.4) is 0 Å². The molecule has 0 saturated carbocycles. The van der Waals surface area contributed by atoms with Gasteiger partial charge in [0.15, 0.2) is 0 Å². The molecule has 1 atom stereocenters. The number of nitrogens with one attached hydrogen (secondary N) is 1. The van der Waals surface area contributed by atoms with Gasteiger partial charge in [0.2, 0.25) is 0 Å². The van der Waals surface area contributed by atoms with Crippen molar-refractivity contribution in [2.75, 3.05) is 24.5 Å². The second-order valence-electron chi connectivity index (χ2n) is 7.69. The molecule has 2 aromatic rings. The Morgan fingerprint density at radius 3 is 2.96 bits per heavy atom. The van der Waals surface area contributed by atoms with Gasteiger partial charge in [0.05, 0.1) is 6.20 Å². The van der Waals surface area contributed by atoms with Gasteiger partial charge < -0.3 is 4.90 Å². The van der Waals surface area contributed by atoms with Crippen molar-refractivity contribution in [3.63, 3.8) is 0 Å². The molecule has 0 radical (unpaired) electrons. The molecule has 2 amide bonds. The van der Waals surface area contributed by atoms with E-state index in [0.29, 0.717) is 5.92 Å². The van der Waals surface area contributed by atoms with E-state index in [-0.39, 0.29) is 11.4 Å². The number of urea groups is 1. The number of hydrogen-bond donors (Lipinski definition) is 1. The summed E-state index contributed by atoms with van der Waals surface area (Å²) in [4.78, 5) is 17.1. The number of nitrogens with zero attached hydrogens (tertiary/aromatic N) is 3. The number of halogens is 1. The van der Waals surface area contributed by atoms with Gasteiger partial charge in [-0.15, -0.1) is 0 Å². The molecule has 5 nitrogen and oxygen atoms in total. The molecule has 1 saturated heterocycles. The number of anilines is 1. The van der Waals surface area contributed by atoms with E-state index in [2.05, 4.69) is 24.0 Å². The van der Waals surface area contributed by atoms with Crippen LogP contribution in [0, 0.1) is 0 Å². The fourth-order valence-corrected chi connectivity index (χ4v) is 4.16. The molecule has 0 aliphatic carbocycles. The maximum atomic E-state index is 13.2. The Morgan fingerprint density at radius 1 is 1.36 bits per heavy atom. The Kier molecular flexibility index (Phi) is 3.99. The highest BCUT2D eigenvalue weighted by atomic mass is 35.5. The average Bonchev–Trinajstić information content (AvgIpc) is 3.26. The van der Waals surface area contributed by atoms with Crippen molar-refractivity contribution in [2.45, 2.75) is 38.0 Å². The van der Waals surface area contributed by atoms with Crippen molar-refractivity contribution in [1.82, 2.24) is 15.1 Å². The smallest absolute Gasteiger partial charge is 0.324 e. The van der Waals surface area contributed by atoms with Crippen LogP contribution >= 0.6 is 11.6 Å². The van der Waals surface area contributed by atoms with Crippen molar-refractivity contribution in [3.8, 4) is 0 Å². The van der Waals surface area contributed by atoms with E-state index < -0.39 is 0 Å². The second kappa shape index (κ2) is 6.06. The first-order chi connectivity index (χ1) is 12.0. The summed E-state index contributed by atoms with van der Waals surface area (Å²) in [5.74, 6) is 0.369. The van der Waals surface area contributed by atoms with E-state index >= 15 is 0 Å². The average molecular weight is 359 g/mol. The van der Waals surface area contributed by atoms with Crippen LogP contribution < -0.4 is 4.90 Å². The van der Waals surface area contributed by atoms with E-state index in [9.17, 15) is 4.79 Å². The topological polar surface area (TPSA) is 52.2 Å². The third-order valence-corrected chi connectivity index (χ3v) is 5.85. The molecule has 1 N–H and O–H groups in total. The molecule has 1 aromatic carbocycles. The Labute approximate surface area is 153 Å². The molecule has 4 rings (SSSR count). The van der Waals surface area contributed by atoms with Crippen molar-refractivity contribution in [2.24, 2.45) is 0 Å². The standard InChI is InChI=1S/C19H23ClN4O/c1-19(2)6-8-24(17-4-3-15(20)9-16(17)19)18(25)23-7-5-13(12-23)14-10-21-22-11-14/h3-4,9-11,13H,5-8,12H2,1-2H3,(H,21,22). The minimum absolute atomic E-state index is 0.0291. The summed E-state index contributed by atoms with van der Waals surface area (Å²) in [6.07, 6.45) is 5.71. The van der Waals surface area contributed by atoms with Crippen LogP contribution in [0.2, 0.25) is 5.02 Å². The first-order valence-corrected chi connectivity index (χ1v) is 9.19. The number of benzene rings is 1. The zero-order chi connectivity index (χ0) is 17.6. The van der Waals surface area contributed by atoms with Gasteiger partial charge in [-0.25, -0.2) is 4.79 Å². The van der Waals surface area contributed by atoms with Gasteiger partial charge >= 0.3 is 6.03 Å². The van der Waals surface area contributed by atoms with Crippen LogP contribution in [-0.2, 0) is 5.41 Å². The lowest BCUT2D eigenvalue weighted by Gasteiger charge is -2.40. The molecule has 1 fully saturated rings. The highest BCUT2D eigenvalue weighted by Crippen LogP contribution is 2.41. The first-order valence-electron chi connectivity index (χ1n) is 8.81. The lowest BCUT2D eigenvalue weighted by Crippen LogP contribution is -2.47. The molecule has 2 aliphatic rings. The molecular weight excluding hydrogens is 336 g/mol. The molecule has 3 heterocycles. The summed E-state index contributed by atoms with van der Waals surface area (Å²) < 4.78 is 0. The van der Waals surface area contributed by atoms with Crippen LogP contribution in [0.1, 0.15) is 43.7 Å². The number of H-pyrrole nitrogens is 1. The van der Waals surface area contributed by atoms with Crippen LogP contribution in [0.15, 0.2) is 30.6 Å². The van der Waals surface area contributed by atoms with E-state index in [0.717, 1.165) is 48.7 Å². The number of carbonyl (C=O) groups is 1. The van der Waals surface area contributed by atoms with Gasteiger partial charge in [-0.1, -0.05) is 25.4 Å². The fourth-order valence-electron chi connectivity index (χ4n) is 3.99. The minimum atomic E-state index is 0.0291. The van der Waals surface area contributed by atoms with Gasteiger partial charge in [-0.3, -0.25) is 10.00 Å². The Hall–Kier alpha value is -2.01. The molecule has 1 unspecified atom stereocenters. The summed E-state index contributed by atoms with van der Waals surface area (Å²) in [5.41, 5.74) is 3.37. The van der Waals surface area contributed by atoms with E-state index in [1.807, 2.05) is 40.4 Å². The van der Waals surface area contributed by atoms with Gasteiger partial charge in [0, 0.05) is 42.5 Å². The molecule has 2 aliphatic heterocycles. The minimum Gasteiger partial charge on any atom is -0.324 e. The van der Waals surface area contributed by atoms with Crippen LogP contribution in [0.25, 0.3) is 0 Å². The summed E-state index contributed by atoms with van der Waals surface area (Å²) in [6.45, 7) is 6.72. The lowest BCUT2D eigenvalue weighted by molar-refractivity contribution is 0.213. The largest absolute Gasteiger partial charge is 0.324 e. The number of amides is 2. The maximum absolute atomic E-state index is 13.2. The van der Waals surface area contributed by atoms with E-state index in [1.54, 1.807) is 0 Å². The van der Waals surface area contributed by atoms with E-state index in [1.165, 1.54) is 5.56 Å². The number of hydrogen-bond acceptors (Lipinski definition) is 2. The molecule has 0 spiro atoms. The van der Waals surface area contributed by atoms with Gasteiger partial charge in [0.25, 0.3) is 0 Å². The fraction of sp³-hybridized carbons (Fsp3) is 0.474. The SMILES string of the molecule is CC1(C)CCN(C(=O)N2CCC(c3cn[nH]c3)C2)c2ccc(Cl)cc21. The second-order valence-corrected chi connectivity index (χ2v) is 8.13.